The van der Waals surface area contributed by atoms with Crippen molar-refractivity contribution in [2.24, 2.45) is 0 Å². The Labute approximate surface area is 175 Å². The first-order chi connectivity index (χ1) is 14.5. The first-order valence-electron chi connectivity index (χ1n) is 9.88. The Morgan fingerprint density at radius 2 is 1.83 bits per heavy atom. The third-order valence-corrected chi connectivity index (χ3v) is 5.04. The van der Waals surface area contributed by atoms with E-state index in [0.717, 1.165) is 22.9 Å². The Bertz CT molecular complexity index is 879. The van der Waals surface area contributed by atoms with E-state index in [1.165, 1.54) is 12.3 Å². The molecular weight excluding hydrogens is 388 g/mol. The second kappa shape index (κ2) is 9.91. The molecule has 0 aliphatic carbocycles. The zero-order valence-electron chi connectivity index (χ0n) is 17.2. The van der Waals surface area contributed by atoms with E-state index >= 15 is 0 Å². The van der Waals surface area contributed by atoms with E-state index in [1.54, 1.807) is 7.11 Å². The molecule has 3 rings (SSSR count). The number of aryl methyl sites for hydroxylation is 1. The number of nitrogens with zero attached hydrogens (tertiary/aromatic N) is 4. The summed E-state index contributed by atoms with van der Waals surface area (Å²) in [6, 6.07) is 8.88. The van der Waals surface area contributed by atoms with Crippen molar-refractivity contribution in [1.82, 2.24) is 9.88 Å². The molecular formula is C21H26N4O5. The fraction of sp³-hybridized carbons (Fsp3) is 0.429. The van der Waals surface area contributed by atoms with Crippen LogP contribution in [-0.2, 0) is 4.79 Å². The minimum absolute atomic E-state index is 0.0121. The third-order valence-electron chi connectivity index (χ3n) is 5.04. The molecule has 2 heterocycles. The van der Waals surface area contributed by atoms with E-state index < -0.39 is 4.92 Å². The van der Waals surface area contributed by atoms with Crippen molar-refractivity contribution in [3.63, 3.8) is 0 Å². The highest BCUT2D eigenvalue weighted by molar-refractivity contribution is 5.76. The minimum atomic E-state index is -0.446. The SMILES string of the molecule is COc1ccc(OCCCC(=O)N2CCN(c3ncc([N+](=O)[O-])cc3C)CC2)cc1. The van der Waals surface area contributed by atoms with Crippen molar-refractivity contribution in [2.45, 2.75) is 19.8 Å². The zero-order valence-corrected chi connectivity index (χ0v) is 17.2. The molecule has 0 bridgehead atoms. The van der Waals surface area contributed by atoms with Gasteiger partial charge in [-0.1, -0.05) is 0 Å². The van der Waals surface area contributed by atoms with Gasteiger partial charge in [0.1, 0.15) is 23.5 Å². The van der Waals surface area contributed by atoms with Crippen molar-refractivity contribution in [1.29, 1.82) is 0 Å². The summed E-state index contributed by atoms with van der Waals surface area (Å²) in [5.74, 6) is 2.38. The summed E-state index contributed by atoms with van der Waals surface area (Å²) < 4.78 is 10.8. The van der Waals surface area contributed by atoms with Crippen LogP contribution < -0.4 is 14.4 Å². The molecule has 0 saturated carbocycles. The molecule has 160 valence electrons. The third kappa shape index (κ3) is 5.37. The molecule has 9 nitrogen and oxygen atoms in total. The van der Waals surface area contributed by atoms with Crippen LogP contribution in [-0.4, -0.2) is 60.6 Å². The predicted octanol–water partition coefficient (Wildman–Crippen LogP) is 2.81. The Balaban J connectivity index is 1.41. The van der Waals surface area contributed by atoms with Crippen molar-refractivity contribution in [3.05, 3.63) is 52.2 Å². The van der Waals surface area contributed by atoms with Crippen LogP contribution in [0.15, 0.2) is 36.5 Å². The summed E-state index contributed by atoms with van der Waals surface area (Å²) in [5, 5.41) is 10.9. The van der Waals surface area contributed by atoms with Crippen LogP contribution in [0.1, 0.15) is 18.4 Å². The topological polar surface area (TPSA) is 98.0 Å². The van der Waals surface area contributed by atoms with Gasteiger partial charge in [0, 0.05) is 38.7 Å². The number of benzene rings is 1. The standard InChI is InChI=1S/C21H26N4O5/c1-16-14-17(25(27)28)15-22-21(16)24-11-9-23(10-12-24)20(26)4-3-13-30-19-7-5-18(29-2)6-8-19/h5-8,14-15H,3-4,9-13H2,1-2H3. The molecule has 0 spiro atoms. The Morgan fingerprint density at radius 3 is 2.43 bits per heavy atom. The Hall–Kier alpha value is -3.36. The molecule has 1 aromatic carbocycles. The second-order valence-electron chi connectivity index (χ2n) is 7.09. The molecule has 1 aliphatic heterocycles. The van der Waals surface area contributed by atoms with Crippen LogP contribution >= 0.6 is 0 Å². The molecule has 0 radical (unpaired) electrons. The van der Waals surface area contributed by atoms with Gasteiger partial charge in [-0.15, -0.1) is 0 Å². The number of hydrogen-bond acceptors (Lipinski definition) is 7. The summed E-state index contributed by atoms with van der Waals surface area (Å²) >= 11 is 0. The van der Waals surface area contributed by atoms with Crippen molar-refractivity contribution in [2.75, 3.05) is 44.8 Å². The smallest absolute Gasteiger partial charge is 0.287 e. The number of methoxy groups -OCH3 is 1. The van der Waals surface area contributed by atoms with E-state index in [4.69, 9.17) is 9.47 Å². The van der Waals surface area contributed by atoms with Crippen LogP contribution in [0.2, 0.25) is 0 Å². The normalized spacial score (nSPS) is 13.8. The highest BCUT2D eigenvalue weighted by atomic mass is 16.6. The van der Waals surface area contributed by atoms with Gasteiger partial charge in [-0.3, -0.25) is 14.9 Å². The summed E-state index contributed by atoms with van der Waals surface area (Å²) in [6.07, 6.45) is 2.36. The number of hydrogen-bond donors (Lipinski definition) is 0. The first-order valence-corrected chi connectivity index (χ1v) is 9.88. The maximum Gasteiger partial charge on any atom is 0.287 e. The highest BCUT2D eigenvalue weighted by Crippen LogP contribution is 2.23. The number of anilines is 1. The lowest BCUT2D eigenvalue weighted by Gasteiger charge is -2.36. The average Bonchev–Trinajstić information content (AvgIpc) is 2.77. The van der Waals surface area contributed by atoms with E-state index in [-0.39, 0.29) is 11.6 Å². The second-order valence-corrected chi connectivity index (χ2v) is 7.09. The molecule has 0 unspecified atom stereocenters. The van der Waals surface area contributed by atoms with Gasteiger partial charge in [-0.05, 0) is 43.2 Å². The number of ether oxygens (including phenoxy) is 2. The van der Waals surface area contributed by atoms with Gasteiger partial charge in [-0.25, -0.2) is 4.98 Å². The first kappa shape index (κ1) is 21.4. The fourth-order valence-electron chi connectivity index (χ4n) is 3.39. The number of nitro groups is 1. The van der Waals surface area contributed by atoms with Crippen molar-refractivity contribution in [3.8, 4) is 11.5 Å². The lowest BCUT2D eigenvalue weighted by molar-refractivity contribution is -0.385. The number of rotatable bonds is 8. The molecule has 30 heavy (non-hydrogen) atoms. The van der Waals surface area contributed by atoms with E-state index in [1.807, 2.05) is 36.1 Å². The molecule has 9 heteroatoms. The number of aromatic nitrogens is 1. The number of carbonyl (C=O) groups is 1. The summed E-state index contributed by atoms with van der Waals surface area (Å²) in [5.41, 5.74) is 0.751. The van der Waals surface area contributed by atoms with E-state index in [2.05, 4.69) is 9.88 Å². The van der Waals surface area contributed by atoms with Gasteiger partial charge >= 0.3 is 0 Å². The van der Waals surface area contributed by atoms with Crippen LogP contribution in [0.25, 0.3) is 0 Å². The molecule has 0 atom stereocenters. The molecule has 1 amide bonds. The maximum absolute atomic E-state index is 12.5. The predicted molar refractivity (Wildman–Crippen MR) is 112 cm³/mol. The molecule has 0 N–H and O–H groups in total. The van der Waals surface area contributed by atoms with Crippen molar-refractivity contribution < 1.29 is 19.2 Å². The zero-order chi connectivity index (χ0) is 21.5. The number of piperazine rings is 1. The van der Waals surface area contributed by atoms with E-state index in [0.29, 0.717) is 45.6 Å². The summed E-state index contributed by atoms with van der Waals surface area (Å²) in [7, 11) is 1.62. The summed E-state index contributed by atoms with van der Waals surface area (Å²) in [4.78, 5) is 31.1. The molecule has 2 aromatic rings. The highest BCUT2D eigenvalue weighted by Gasteiger charge is 2.23. The quantitative estimate of drug-likeness (QED) is 0.372. The Morgan fingerprint density at radius 1 is 1.17 bits per heavy atom. The largest absolute Gasteiger partial charge is 0.497 e. The molecule has 1 saturated heterocycles. The van der Waals surface area contributed by atoms with Crippen LogP contribution in [0.3, 0.4) is 0 Å². The van der Waals surface area contributed by atoms with Crippen LogP contribution in [0, 0.1) is 17.0 Å². The van der Waals surface area contributed by atoms with Crippen molar-refractivity contribution >= 4 is 17.4 Å². The summed E-state index contributed by atoms with van der Waals surface area (Å²) in [6.45, 7) is 4.81. The van der Waals surface area contributed by atoms with Crippen LogP contribution in [0.5, 0.6) is 11.5 Å². The molecule has 1 aromatic heterocycles. The van der Waals surface area contributed by atoms with Crippen LogP contribution in [0.4, 0.5) is 11.5 Å². The maximum atomic E-state index is 12.5. The van der Waals surface area contributed by atoms with Gasteiger partial charge in [0.2, 0.25) is 5.91 Å². The Kier molecular flexibility index (Phi) is 7.05. The minimum Gasteiger partial charge on any atom is -0.497 e. The monoisotopic (exact) mass is 414 g/mol. The van der Waals surface area contributed by atoms with Gasteiger partial charge < -0.3 is 19.3 Å². The van der Waals surface area contributed by atoms with Gasteiger partial charge in [0.25, 0.3) is 5.69 Å². The van der Waals surface area contributed by atoms with Gasteiger partial charge in [-0.2, -0.15) is 0 Å². The number of pyridine rings is 1. The number of carbonyl (C=O) groups excluding carboxylic acids is 1. The number of amides is 1. The van der Waals surface area contributed by atoms with Gasteiger partial charge in [0.05, 0.1) is 18.6 Å². The lowest BCUT2D eigenvalue weighted by atomic mass is 10.2. The average molecular weight is 414 g/mol. The lowest BCUT2D eigenvalue weighted by Crippen LogP contribution is -2.49. The molecule has 1 fully saturated rings. The molecule has 1 aliphatic rings. The fourth-order valence-corrected chi connectivity index (χ4v) is 3.39. The van der Waals surface area contributed by atoms with E-state index in [9.17, 15) is 14.9 Å². The van der Waals surface area contributed by atoms with Gasteiger partial charge in [0.15, 0.2) is 0 Å².